The Labute approximate surface area is 167 Å². The van der Waals surface area contributed by atoms with E-state index in [0.29, 0.717) is 23.7 Å². The molecule has 0 aromatic heterocycles. The maximum atomic E-state index is 13.0. The molecule has 0 fully saturated rings. The number of rotatable bonds is 7. The lowest BCUT2D eigenvalue weighted by Gasteiger charge is -2.15. The molecule has 2 rings (SSSR count). The van der Waals surface area contributed by atoms with Gasteiger partial charge >= 0.3 is 6.18 Å². The second-order valence-corrected chi connectivity index (χ2v) is 7.08. The molecule has 8 heteroatoms. The summed E-state index contributed by atoms with van der Waals surface area (Å²) in [4.78, 5) is 24.2. The van der Waals surface area contributed by atoms with Crippen molar-refractivity contribution in [3.8, 4) is 0 Å². The van der Waals surface area contributed by atoms with Gasteiger partial charge in [0.2, 0.25) is 5.91 Å². The third kappa shape index (κ3) is 6.51. The van der Waals surface area contributed by atoms with Crippen LogP contribution < -0.4 is 16.0 Å². The van der Waals surface area contributed by atoms with Gasteiger partial charge in [0.25, 0.3) is 5.91 Å². The number of benzene rings is 2. The molecule has 0 heterocycles. The summed E-state index contributed by atoms with van der Waals surface area (Å²) in [6, 6.07) is 9.78. The van der Waals surface area contributed by atoms with Crippen LogP contribution in [-0.2, 0) is 11.0 Å². The van der Waals surface area contributed by atoms with E-state index < -0.39 is 17.6 Å². The lowest BCUT2D eigenvalue weighted by Crippen LogP contribution is -2.27. The Bertz CT molecular complexity index is 880. The zero-order valence-corrected chi connectivity index (χ0v) is 16.5. The van der Waals surface area contributed by atoms with E-state index in [1.165, 1.54) is 18.2 Å². The van der Waals surface area contributed by atoms with Crippen LogP contribution in [0, 0.1) is 12.8 Å². The second kappa shape index (κ2) is 9.45. The van der Waals surface area contributed by atoms with E-state index in [1.54, 1.807) is 25.1 Å². The zero-order valence-electron chi connectivity index (χ0n) is 16.5. The number of alkyl halides is 3. The van der Waals surface area contributed by atoms with Gasteiger partial charge in [0, 0.05) is 17.8 Å². The lowest BCUT2D eigenvalue weighted by molar-refractivity contribution is -0.137. The molecule has 5 nitrogen and oxygen atoms in total. The number of carbonyl (C=O) groups is 2. The van der Waals surface area contributed by atoms with Gasteiger partial charge in [-0.2, -0.15) is 13.2 Å². The summed E-state index contributed by atoms with van der Waals surface area (Å²) in [5, 5.41) is 7.99. The van der Waals surface area contributed by atoms with Gasteiger partial charge in [-0.3, -0.25) is 9.59 Å². The van der Waals surface area contributed by atoms with Crippen molar-refractivity contribution in [2.45, 2.75) is 26.9 Å². The Kier molecular flexibility index (Phi) is 7.25. The van der Waals surface area contributed by atoms with E-state index in [4.69, 9.17) is 0 Å². The van der Waals surface area contributed by atoms with Gasteiger partial charge in [-0.15, -0.1) is 0 Å². The van der Waals surface area contributed by atoms with E-state index in [2.05, 4.69) is 16.0 Å². The van der Waals surface area contributed by atoms with Crippen molar-refractivity contribution in [2.24, 2.45) is 5.92 Å². The van der Waals surface area contributed by atoms with Gasteiger partial charge < -0.3 is 16.0 Å². The van der Waals surface area contributed by atoms with Crippen LogP contribution in [0.4, 0.5) is 24.5 Å². The molecule has 2 aromatic carbocycles. The number of carbonyl (C=O) groups excluding carboxylic acids is 2. The van der Waals surface area contributed by atoms with Crippen molar-refractivity contribution < 1.29 is 22.8 Å². The maximum absolute atomic E-state index is 13.0. The Morgan fingerprint density at radius 2 is 1.72 bits per heavy atom. The number of anilines is 2. The molecule has 0 saturated carbocycles. The Morgan fingerprint density at radius 1 is 1.03 bits per heavy atom. The molecule has 0 atom stereocenters. The fourth-order valence-corrected chi connectivity index (χ4v) is 2.61. The van der Waals surface area contributed by atoms with Crippen LogP contribution >= 0.6 is 0 Å². The average molecular weight is 407 g/mol. The first-order valence-electron chi connectivity index (χ1n) is 9.16. The van der Waals surface area contributed by atoms with E-state index in [1.807, 2.05) is 13.8 Å². The molecule has 156 valence electrons. The van der Waals surface area contributed by atoms with Crippen LogP contribution in [0.5, 0.6) is 0 Å². The van der Waals surface area contributed by atoms with Crippen molar-refractivity contribution in [1.82, 2.24) is 5.32 Å². The zero-order chi connectivity index (χ0) is 21.6. The molecule has 3 N–H and O–H groups in total. The summed E-state index contributed by atoms with van der Waals surface area (Å²) in [7, 11) is 0. The molecule has 2 aromatic rings. The fraction of sp³-hybridized carbons (Fsp3) is 0.333. The van der Waals surface area contributed by atoms with Gasteiger partial charge in [0.15, 0.2) is 0 Å². The van der Waals surface area contributed by atoms with Crippen molar-refractivity contribution in [1.29, 1.82) is 0 Å². The standard InChI is InChI=1S/C21H24F3N3O2/c1-13(2)11-26-20(29)15-8-9-17(14(3)10-15)25-12-19(28)27-18-7-5-4-6-16(18)21(22,23)24/h4-10,13,25H,11-12H2,1-3H3,(H,26,29)(H,27,28). The number of nitrogens with one attached hydrogen (secondary N) is 3. The molecule has 0 bridgehead atoms. The smallest absolute Gasteiger partial charge is 0.376 e. The van der Waals surface area contributed by atoms with Gasteiger partial charge in [0.1, 0.15) is 0 Å². The van der Waals surface area contributed by atoms with Crippen LogP contribution in [-0.4, -0.2) is 24.9 Å². The highest BCUT2D eigenvalue weighted by molar-refractivity contribution is 5.96. The molecule has 0 radical (unpaired) electrons. The molecule has 0 spiro atoms. The predicted octanol–water partition coefficient (Wildman–Crippen LogP) is 4.45. The highest BCUT2D eigenvalue weighted by Gasteiger charge is 2.33. The summed E-state index contributed by atoms with van der Waals surface area (Å²) in [5.74, 6) is -0.461. The number of para-hydroxylation sites is 1. The Hall–Kier alpha value is -3.03. The molecule has 0 aliphatic heterocycles. The lowest BCUT2D eigenvalue weighted by atomic mass is 10.1. The minimum atomic E-state index is -4.56. The number of aryl methyl sites for hydroxylation is 1. The summed E-state index contributed by atoms with van der Waals surface area (Å²) < 4.78 is 39.0. The van der Waals surface area contributed by atoms with Crippen molar-refractivity contribution >= 4 is 23.2 Å². The minimum absolute atomic E-state index is 0.185. The molecule has 0 aliphatic carbocycles. The van der Waals surface area contributed by atoms with Crippen LogP contribution in [0.15, 0.2) is 42.5 Å². The summed E-state index contributed by atoms with van der Waals surface area (Å²) >= 11 is 0. The van der Waals surface area contributed by atoms with E-state index in [9.17, 15) is 22.8 Å². The summed E-state index contributed by atoms with van der Waals surface area (Å²) in [6.07, 6.45) is -4.56. The fourth-order valence-electron chi connectivity index (χ4n) is 2.61. The first kappa shape index (κ1) is 22.3. The predicted molar refractivity (Wildman–Crippen MR) is 107 cm³/mol. The third-order valence-electron chi connectivity index (χ3n) is 4.11. The first-order chi connectivity index (χ1) is 13.6. The number of halogens is 3. The third-order valence-corrected chi connectivity index (χ3v) is 4.11. The van der Waals surface area contributed by atoms with Crippen LogP contribution in [0.25, 0.3) is 0 Å². The van der Waals surface area contributed by atoms with E-state index >= 15 is 0 Å². The summed E-state index contributed by atoms with van der Waals surface area (Å²) in [5.41, 5.74) is 0.662. The molecule has 0 saturated heterocycles. The van der Waals surface area contributed by atoms with E-state index in [0.717, 1.165) is 11.6 Å². The molecule has 29 heavy (non-hydrogen) atoms. The average Bonchev–Trinajstić information content (AvgIpc) is 2.64. The highest BCUT2D eigenvalue weighted by atomic mass is 19.4. The summed E-state index contributed by atoms with van der Waals surface area (Å²) in [6.45, 7) is 6.12. The Balaban J connectivity index is 1.98. The highest BCUT2D eigenvalue weighted by Crippen LogP contribution is 2.34. The molecule has 0 aliphatic rings. The van der Waals surface area contributed by atoms with Gasteiger partial charge in [0.05, 0.1) is 17.8 Å². The molecule has 0 unspecified atom stereocenters. The molecular weight excluding hydrogens is 383 g/mol. The van der Waals surface area contributed by atoms with Crippen LogP contribution in [0.1, 0.15) is 35.3 Å². The van der Waals surface area contributed by atoms with Crippen molar-refractivity contribution in [3.63, 3.8) is 0 Å². The quantitative estimate of drug-likeness (QED) is 0.635. The minimum Gasteiger partial charge on any atom is -0.376 e. The van der Waals surface area contributed by atoms with Crippen molar-refractivity contribution in [2.75, 3.05) is 23.7 Å². The normalized spacial score (nSPS) is 11.3. The van der Waals surface area contributed by atoms with Crippen molar-refractivity contribution in [3.05, 3.63) is 59.2 Å². The van der Waals surface area contributed by atoms with Gasteiger partial charge in [-0.05, 0) is 48.7 Å². The van der Waals surface area contributed by atoms with E-state index in [-0.39, 0.29) is 18.1 Å². The van der Waals surface area contributed by atoms with Gasteiger partial charge in [-0.1, -0.05) is 26.0 Å². The second-order valence-electron chi connectivity index (χ2n) is 7.08. The Morgan fingerprint density at radius 3 is 2.34 bits per heavy atom. The monoisotopic (exact) mass is 407 g/mol. The van der Waals surface area contributed by atoms with Gasteiger partial charge in [-0.25, -0.2) is 0 Å². The SMILES string of the molecule is Cc1cc(C(=O)NCC(C)C)ccc1NCC(=O)Nc1ccccc1C(F)(F)F. The maximum Gasteiger partial charge on any atom is 0.418 e. The van der Waals surface area contributed by atoms with Crippen LogP contribution in [0.3, 0.4) is 0 Å². The largest absolute Gasteiger partial charge is 0.418 e. The topological polar surface area (TPSA) is 70.2 Å². The first-order valence-corrected chi connectivity index (χ1v) is 9.16. The molecular formula is C21H24F3N3O2. The molecule has 2 amide bonds. The number of hydrogen-bond donors (Lipinski definition) is 3. The van der Waals surface area contributed by atoms with Crippen LogP contribution in [0.2, 0.25) is 0 Å². The number of hydrogen-bond acceptors (Lipinski definition) is 3. The number of amides is 2.